The molecule has 0 aliphatic rings. The number of nitrogens with zero attached hydrogens (tertiary/aromatic N) is 1. The minimum Gasteiger partial charge on any atom is -0.487 e. The van der Waals surface area contributed by atoms with Crippen LogP contribution in [0, 0.1) is 0 Å². The van der Waals surface area contributed by atoms with Gasteiger partial charge in [0, 0.05) is 17.2 Å². The van der Waals surface area contributed by atoms with Gasteiger partial charge in [0.05, 0.1) is 5.69 Å². The summed E-state index contributed by atoms with van der Waals surface area (Å²) in [7, 11) is 0. The van der Waals surface area contributed by atoms with Crippen LogP contribution in [0.15, 0.2) is 47.1 Å². The second kappa shape index (κ2) is 7.26. The first-order valence-corrected chi connectivity index (χ1v) is 7.10. The molecule has 100 valence electrons. The van der Waals surface area contributed by atoms with Gasteiger partial charge in [0.2, 0.25) is 0 Å². The highest BCUT2D eigenvalue weighted by Crippen LogP contribution is 2.17. The topological polar surface area (TPSA) is 34.1 Å². The Kier molecular flexibility index (Phi) is 5.36. The number of halogens is 1. The second-order valence-corrected chi connectivity index (χ2v) is 5.10. The Morgan fingerprint density at radius 1 is 1.16 bits per heavy atom. The summed E-state index contributed by atoms with van der Waals surface area (Å²) in [5.41, 5.74) is 2.12. The van der Waals surface area contributed by atoms with Crippen LogP contribution in [0.25, 0.3) is 0 Å². The van der Waals surface area contributed by atoms with Crippen molar-refractivity contribution in [2.24, 2.45) is 0 Å². The molecule has 4 heteroatoms. The van der Waals surface area contributed by atoms with Crippen molar-refractivity contribution in [2.75, 3.05) is 6.54 Å². The largest absolute Gasteiger partial charge is 0.487 e. The summed E-state index contributed by atoms with van der Waals surface area (Å²) in [6.45, 7) is 4.41. The van der Waals surface area contributed by atoms with E-state index in [0.717, 1.165) is 29.0 Å². The molecule has 0 radical (unpaired) electrons. The molecule has 1 N–H and O–H groups in total. The molecule has 0 atom stereocenters. The number of nitrogens with one attached hydrogen (secondary N) is 1. The van der Waals surface area contributed by atoms with E-state index in [1.54, 1.807) is 0 Å². The molecule has 0 saturated carbocycles. The predicted octanol–water partition coefficient (Wildman–Crippen LogP) is 3.53. The van der Waals surface area contributed by atoms with Gasteiger partial charge in [-0.2, -0.15) is 0 Å². The van der Waals surface area contributed by atoms with Crippen LogP contribution < -0.4 is 10.1 Å². The van der Waals surface area contributed by atoms with Crippen molar-refractivity contribution >= 4 is 15.9 Å². The zero-order valence-electron chi connectivity index (χ0n) is 10.9. The van der Waals surface area contributed by atoms with Crippen LogP contribution in [0.4, 0.5) is 0 Å². The average molecular weight is 321 g/mol. The fraction of sp³-hybridized carbons (Fsp3) is 0.267. The lowest BCUT2D eigenvalue weighted by molar-refractivity contribution is 0.301. The van der Waals surface area contributed by atoms with Crippen LogP contribution in [-0.4, -0.2) is 11.5 Å². The van der Waals surface area contributed by atoms with E-state index in [1.807, 2.05) is 36.5 Å². The first kappa shape index (κ1) is 14.0. The summed E-state index contributed by atoms with van der Waals surface area (Å²) in [6, 6.07) is 11.9. The van der Waals surface area contributed by atoms with Crippen LogP contribution in [0.5, 0.6) is 5.75 Å². The summed E-state index contributed by atoms with van der Waals surface area (Å²) in [5, 5.41) is 3.27. The monoisotopic (exact) mass is 320 g/mol. The third-order valence-electron chi connectivity index (χ3n) is 2.67. The maximum atomic E-state index is 5.67. The zero-order chi connectivity index (χ0) is 13.5. The summed E-state index contributed by atoms with van der Waals surface area (Å²) in [5.74, 6) is 0.849. The lowest BCUT2D eigenvalue weighted by Gasteiger charge is -2.07. The van der Waals surface area contributed by atoms with E-state index in [-0.39, 0.29) is 0 Å². The number of ether oxygens (including phenoxy) is 1. The van der Waals surface area contributed by atoms with E-state index in [4.69, 9.17) is 4.74 Å². The highest BCUT2D eigenvalue weighted by atomic mass is 79.9. The SMILES string of the molecule is CCNCc1ccc(COc2ccc(Br)cc2)nc1. The van der Waals surface area contributed by atoms with Gasteiger partial charge in [-0.15, -0.1) is 0 Å². The molecule has 2 rings (SSSR count). The van der Waals surface area contributed by atoms with Crippen LogP contribution in [-0.2, 0) is 13.2 Å². The Labute approximate surface area is 122 Å². The average Bonchev–Trinajstić information content (AvgIpc) is 2.46. The summed E-state index contributed by atoms with van der Waals surface area (Å²) >= 11 is 3.40. The molecule has 0 amide bonds. The molecule has 0 bridgehead atoms. The van der Waals surface area contributed by atoms with Gasteiger partial charge in [-0.3, -0.25) is 4.98 Å². The molecule has 1 heterocycles. The van der Waals surface area contributed by atoms with Gasteiger partial charge in [0.15, 0.2) is 0 Å². The van der Waals surface area contributed by atoms with Gasteiger partial charge in [0.1, 0.15) is 12.4 Å². The van der Waals surface area contributed by atoms with Crippen molar-refractivity contribution in [1.29, 1.82) is 0 Å². The Balaban J connectivity index is 1.87. The fourth-order valence-electron chi connectivity index (χ4n) is 1.60. The van der Waals surface area contributed by atoms with Crippen LogP contribution >= 0.6 is 15.9 Å². The van der Waals surface area contributed by atoms with E-state index in [2.05, 4.69) is 39.2 Å². The van der Waals surface area contributed by atoms with Crippen molar-refractivity contribution in [3.8, 4) is 5.75 Å². The van der Waals surface area contributed by atoms with Crippen LogP contribution in [0.2, 0.25) is 0 Å². The Hall–Kier alpha value is -1.39. The minimum atomic E-state index is 0.489. The number of hydrogen-bond donors (Lipinski definition) is 1. The first-order valence-electron chi connectivity index (χ1n) is 6.31. The molecule has 19 heavy (non-hydrogen) atoms. The molecule has 0 aliphatic heterocycles. The van der Waals surface area contributed by atoms with Gasteiger partial charge in [-0.1, -0.05) is 28.9 Å². The van der Waals surface area contributed by atoms with E-state index in [9.17, 15) is 0 Å². The van der Waals surface area contributed by atoms with Crippen molar-refractivity contribution in [2.45, 2.75) is 20.1 Å². The van der Waals surface area contributed by atoms with Crippen molar-refractivity contribution in [1.82, 2.24) is 10.3 Å². The van der Waals surface area contributed by atoms with Gasteiger partial charge in [-0.05, 0) is 42.4 Å². The van der Waals surface area contributed by atoms with Crippen LogP contribution in [0.1, 0.15) is 18.2 Å². The minimum absolute atomic E-state index is 0.489. The Morgan fingerprint density at radius 3 is 2.58 bits per heavy atom. The van der Waals surface area contributed by atoms with Gasteiger partial charge < -0.3 is 10.1 Å². The van der Waals surface area contributed by atoms with E-state index in [0.29, 0.717) is 6.61 Å². The third-order valence-corrected chi connectivity index (χ3v) is 3.19. The maximum absolute atomic E-state index is 5.67. The van der Waals surface area contributed by atoms with Crippen molar-refractivity contribution in [3.05, 3.63) is 58.3 Å². The van der Waals surface area contributed by atoms with Crippen molar-refractivity contribution in [3.63, 3.8) is 0 Å². The van der Waals surface area contributed by atoms with E-state index < -0.39 is 0 Å². The predicted molar refractivity (Wildman–Crippen MR) is 80.1 cm³/mol. The quantitative estimate of drug-likeness (QED) is 0.884. The molecule has 1 aromatic heterocycles. The summed E-state index contributed by atoms with van der Waals surface area (Å²) < 4.78 is 6.72. The molecule has 0 saturated heterocycles. The van der Waals surface area contributed by atoms with Gasteiger partial charge >= 0.3 is 0 Å². The van der Waals surface area contributed by atoms with E-state index in [1.165, 1.54) is 5.56 Å². The Bertz CT molecular complexity index is 497. The first-order chi connectivity index (χ1) is 9.28. The number of aromatic nitrogens is 1. The van der Waals surface area contributed by atoms with Crippen molar-refractivity contribution < 1.29 is 4.74 Å². The molecule has 2 aromatic rings. The standard InChI is InChI=1S/C15H17BrN2O/c1-2-17-9-12-3-6-14(18-10-12)11-19-15-7-4-13(16)5-8-15/h3-8,10,17H,2,9,11H2,1H3. The molecule has 0 aliphatic carbocycles. The lowest BCUT2D eigenvalue weighted by atomic mass is 10.2. The summed E-state index contributed by atoms with van der Waals surface area (Å²) in [4.78, 5) is 4.39. The molecule has 0 fully saturated rings. The normalized spacial score (nSPS) is 10.4. The number of hydrogen-bond acceptors (Lipinski definition) is 3. The molecule has 3 nitrogen and oxygen atoms in total. The van der Waals surface area contributed by atoms with Gasteiger partial charge in [-0.25, -0.2) is 0 Å². The zero-order valence-corrected chi connectivity index (χ0v) is 12.5. The van der Waals surface area contributed by atoms with Gasteiger partial charge in [0.25, 0.3) is 0 Å². The smallest absolute Gasteiger partial charge is 0.130 e. The number of pyridine rings is 1. The molecule has 0 spiro atoms. The highest BCUT2D eigenvalue weighted by molar-refractivity contribution is 9.10. The summed E-state index contributed by atoms with van der Waals surface area (Å²) in [6.07, 6.45) is 1.89. The third kappa shape index (κ3) is 4.65. The molecule has 0 unspecified atom stereocenters. The number of rotatable bonds is 6. The maximum Gasteiger partial charge on any atom is 0.130 e. The lowest BCUT2D eigenvalue weighted by Crippen LogP contribution is -2.12. The molecule has 1 aromatic carbocycles. The Morgan fingerprint density at radius 2 is 1.95 bits per heavy atom. The van der Waals surface area contributed by atoms with Crippen LogP contribution in [0.3, 0.4) is 0 Å². The number of benzene rings is 1. The highest BCUT2D eigenvalue weighted by Gasteiger charge is 1.98. The van der Waals surface area contributed by atoms with E-state index >= 15 is 0 Å². The molecular formula is C15H17BrN2O. The fourth-order valence-corrected chi connectivity index (χ4v) is 1.87. The second-order valence-electron chi connectivity index (χ2n) is 4.18. The molecular weight excluding hydrogens is 304 g/mol.